The van der Waals surface area contributed by atoms with E-state index >= 15 is 0 Å². The third kappa shape index (κ3) is 2.69. The van der Waals surface area contributed by atoms with E-state index in [1.807, 2.05) is 17.0 Å². The topological polar surface area (TPSA) is 45.3 Å². The van der Waals surface area contributed by atoms with Crippen LogP contribution in [0, 0.1) is 0 Å². The summed E-state index contributed by atoms with van der Waals surface area (Å²) in [6, 6.07) is 4.10. The van der Waals surface area contributed by atoms with Crippen LogP contribution in [0.25, 0.3) is 0 Å². The molecule has 1 spiro atoms. The van der Waals surface area contributed by atoms with Gasteiger partial charge in [0.25, 0.3) is 0 Å². The zero-order valence-corrected chi connectivity index (χ0v) is 16.7. The van der Waals surface area contributed by atoms with Crippen LogP contribution in [-0.2, 0) is 13.0 Å². The molecule has 2 fully saturated rings. The number of benzene rings is 1. The number of piperidine rings is 1. The SMILES string of the molecule is CCN1C(=O)N2Cc3cc(OC)cc(OC)c3CC=C2C12CCN(C)CC2. The van der Waals surface area contributed by atoms with Gasteiger partial charge in [0.2, 0.25) is 0 Å². The van der Waals surface area contributed by atoms with Gasteiger partial charge in [0.1, 0.15) is 11.5 Å². The zero-order chi connectivity index (χ0) is 19.2. The number of urea groups is 1. The minimum Gasteiger partial charge on any atom is -0.497 e. The molecule has 3 aliphatic heterocycles. The minimum atomic E-state index is -0.169. The van der Waals surface area contributed by atoms with Crippen molar-refractivity contribution in [1.29, 1.82) is 0 Å². The predicted molar refractivity (Wildman–Crippen MR) is 104 cm³/mol. The number of carbonyl (C=O) groups excluding carboxylic acids is 1. The van der Waals surface area contributed by atoms with Crippen LogP contribution in [0.15, 0.2) is 23.9 Å². The van der Waals surface area contributed by atoms with Crippen molar-refractivity contribution < 1.29 is 14.3 Å². The fourth-order valence-electron chi connectivity index (χ4n) is 4.94. The Balaban J connectivity index is 1.78. The average Bonchev–Trinajstić information content (AvgIpc) is 2.81. The quantitative estimate of drug-likeness (QED) is 0.820. The Morgan fingerprint density at radius 1 is 1.15 bits per heavy atom. The number of carbonyl (C=O) groups is 1. The second-order valence-corrected chi connectivity index (χ2v) is 7.71. The molecule has 0 atom stereocenters. The summed E-state index contributed by atoms with van der Waals surface area (Å²) in [5, 5.41) is 0. The molecule has 146 valence electrons. The van der Waals surface area contributed by atoms with Crippen molar-refractivity contribution in [2.24, 2.45) is 0 Å². The van der Waals surface area contributed by atoms with Gasteiger partial charge in [-0.3, -0.25) is 4.90 Å². The van der Waals surface area contributed by atoms with Gasteiger partial charge in [0.15, 0.2) is 0 Å². The Bertz CT molecular complexity index is 781. The first-order chi connectivity index (χ1) is 13.0. The van der Waals surface area contributed by atoms with Gasteiger partial charge in [-0.2, -0.15) is 0 Å². The summed E-state index contributed by atoms with van der Waals surface area (Å²) in [6.07, 6.45) is 5.01. The standard InChI is InChI=1S/C21H29N3O3/c1-5-24-20(25)23-14-15-12-16(26-3)13-18(27-4)17(15)6-7-19(23)21(24)8-10-22(2)11-9-21/h7,12-13H,5-6,8-11,14H2,1-4H3. The fourth-order valence-corrected chi connectivity index (χ4v) is 4.94. The molecule has 3 aliphatic rings. The first-order valence-electron chi connectivity index (χ1n) is 9.76. The highest BCUT2D eigenvalue weighted by Crippen LogP contribution is 2.46. The third-order valence-electron chi connectivity index (χ3n) is 6.44. The molecule has 4 rings (SSSR count). The molecule has 0 bridgehead atoms. The molecule has 0 N–H and O–H groups in total. The molecule has 2 amide bonds. The maximum Gasteiger partial charge on any atom is 0.325 e. The van der Waals surface area contributed by atoms with E-state index in [2.05, 4.69) is 29.8 Å². The molecular weight excluding hydrogens is 342 g/mol. The monoisotopic (exact) mass is 371 g/mol. The van der Waals surface area contributed by atoms with Crippen molar-refractivity contribution in [2.45, 2.75) is 38.3 Å². The van der Waals surface area contributed by atoms with Gasteiger partial charge in [0.05, 0.1) is 26.3 Å². The molecule has 3 heterocycles. The van der Waals surface area contributed by atoms with Gasteiger partial charge in [-0.15, -0.1) is 0 Å². The van der Waals surface area contributed by atoms with Crippen LogP contribution >= 0.6 is 0 Å². The number of rotatable bonds is 3. The number of hydrogen-bond donors (Lipinski definition) is 0. The van der Waals surface area contributed by atoms with Crippen LogP contribution in [0.4, 0.5) is 4.79 Å². The zero-order valence-electron chi connectivity index (χ0n) is 16.7. The van der Waals surface area contributed by atoms with E-state index in [-0.39, 0.29) is 11.6 Å². The Kier molecular flexibility index (Phi) is 4.54. The lowest BCUT2D eigenvalue weighted by atomic mass is 9.83. The van der Waals surface area contributed by atoms with Crippen molar-refractivity contribution >= 4 is 6.03 Å². The average molecular weight is 371 g/mol. The molecule has 0 aromatic heterocycles. The molecule has 0 radical (unpaired) electrons. The van der Waals surface area contributed by atoms with E-state index in [1.54, 1.807) is 14.2 Å². The molecule has 6 heteroatoms. The first-order valence-corrected chi connectivity index (χ1v) is 9.76. The second-order valence-electron chi connectivity index (χ2n) is 7.71. The van der Waals surface area contributed by atoms with E-state index < -0.39 is 0 Å². The third-order valence-corrected chi connectivity index (χ3v) is 6.44. The minimum absolute atomic E-state index is 0.128. The van der Waals surface area contributed by atoms with Crippen molar-refractivity contribution in [2.75, 3.05) is 40.9 Å². The van der Waals surface area contributed by atoms with Gasteiger partial charge in [0, 0.05) is 37.0 Å². The van der Waals surface area contributed by atoms with Crippen LogP contribution in [-0.4, -0.2) is 67.2 Å². The summed E-state index contributed by atoms with van der Waals surface area (Å²) in [4.78, 5) is 19.8. The lowest BCUT2D eigenvalue weighted by Crippen LogP contribution is -2.52. The van der Waals surface area contributed by atoms with Gasteiger partial charge in [-0.1, -0.05) is 6.08 Å². The highest BCUT2D eigenvalue weighted by atomic mass is 16.5. The first kappa shape index (κ1) is 18.2. The highest BCUT2D eigenvalue weighted by Gasteiger charge is 2.54. The summed E-state index contributed by atoms with van der Waals surface area (Å²) in [5.74, 6) is 1.60. The van der Waals surface area contributed by atoms with Crippen molar-refractivity contribution in [1.82, 2.24) is 14.7 Å². The maximum absolute atomic E-state index is 13.3. The smallest absolute Gasteiger partial charge is 0.325 e. The number of hydrogen-bond acceptors (Lipinski definition) is 4. The predicted octanol–water partition coefficient (Wildman–Crippen LogP) is 2.87. The Hall–Kier alpha value is -2.21. The van der Waals surface area contributed by atoms with Gasteiger partial charge in [-0.05, 0) is 44.9 Å². The Morgan fingerprint density at radius 2 is 1.89 bits per heavy atom. The number of methoxy groups -OCH3 is 2. The summed E-state index contributed by atoms with van der Waals surface area (Å²) >= 11 is 0. The summed E-state index contributed by atoms with van der Waals surface area (Å²) in [7, 11) is 5.51. The summed E-state index contributed by atoms with van der Waals surface area (Å²) in [6.45, 7) is 5.43. The van der Waals surface area contributed by atoms with Crippen LogP contribution < -0.4 is 9.47 Å². The fraction of sp³-hybridized carbons (Fsp3) is 0.571. The highest BCUT2D eigenvalue weighted by molar-refractivity contribution is 5.83. The van der Waals surface area contributed by atoms with Gasteiger partial charge >= 0.3 is 6.03 Å². The Labute approximate surface area is 161 Å². The van der Waals surface area contributed by atoms with E-state index in [0.29, 0.717) is 6.54 Å². The van der Waals surface area contributed by atoms with Crippen LogP contribution in [0.1, 0.15) is 30.9 Å². The van der Waals surface area contributed by atoms with Crippen molar-refractivity contribution in [3.8, 4) is 11.5 Å². The molecule has 0 unspecified atom stereocenters. The largest absolute Gasteiger partial charge is 0.497 e. The number of allylic oxidation sites excluding steroid dienone is 1. The van der Waals surface area contributed by atoms with Gasteiger partial charge in [-0.25, -0.2) is 4.79 Å². The molecule has 0 aliphatic carbocycles. The molecule has 1 aromatic rings. The number of likely N-dealkylation sites (tertiary alicyclic amines) is 1. The van der Waals surface area contributed by atoms with E-state index in [0.717, 1.165) is 61.5 Å². The molecular formula is C21H29N3O3. The molecule has 2 saturated heterocycles. The van der Waals surface area contributed by atoms with E-state index in [9.17, 15) is 4.79 Å². The van der Waals surface area contributed by atoms with Crippen LogP contribution in [0.3, 0.4) is 0 Å². The van der Waals surface area contributed by atoms with E-state index in [1.165, 1.54) is 5.70 Å². The number of amides is 2. The Morgan fingerprint density at radius 3 is 2.52 bits per heavy atom. The van der Waals surface area contributed by atoms with Gasteiger partial charge < -0.3 is 19.3 Å². The van der Waals surface area contributed by atoms with Crippen LogP contribution in [0.5, 0.6) is 11.5 Å². The number of fused-ring (bicyclic) bond motifs is 3. The maximum atomic E-state index is 13.3. The lowest BCUT2D eigenvalue weighted by Gasteiger charge is -2.43. The second kappa shape index (κ2) is 6.75. The van der Waals surface area contributed by atoms with Crippen molar-refractivity contribution in [3.63, 3.8) is 0 Å². The lowest BCUT2D eigenvalue weighted by molar-refractivity contribution is 0.104. The van der Waals surface area contributed by atoms with E-state index in [4.69, 9.17) is 9.47 Å². The molecule has 0 saturated carbocycles. The number of nitrogens with zero attached hydrogens (tertiary/aromatic N) is 3. The molecule has 6 nitrogen and oxygen atoms in total. The number of ether oxygens (including phenoxy) is 2. The summed E-state index contributed by atoms with van der Waals surface area (Å²) in [5.41, 5.74) is 3.27. The molecule has 1 aromatic carbocycles. The van der Waals surface area contributed by atoms with Crippen LogP contribution in [0.2, 0.25) is 0 Å². The summed E-state index contributed by atoms with van der Waals surface area (Å²) < 4.78 is 11.1. The normalized spacial score (nSPS) is 21.6. The molecule has 27 heavy (non-hydrogen) atoms. The van der Waals surface area contributed by atoms with Crippen molar-refractivity contribution in [3.05, 3.63) is 35.0 Å². The number of likely N-dealkylation sites (N-methyl/N-ethyl adjacent to an activating group) is 1.